The maximum atomic E-state index is 12.4. The van der Waals surface area contributed by atoms with E-state index in [-0.39, 0.29) is 19.5 Å². The molecule has 0 aliphatic carbocycles. The van der Waals surface area contributed by atoms with Crippen molar-refractivity contribution in [1.82, 2.24) is 10.2 Å². The second-order valence-corrected chi connectivity index (χ2v) is 6.02. The van der Waals surface area contributed by atoms with Gasteiger partial charge in [-0.15, -0.1) is 10.2 Å². The third-order valence-electron chi connectivity index (χ3n) is 4.19. The van der Waals surface area contributed by atoms with Crippen LogP contribution in [0.4, 0.5) is 17.3 Å². The zero-order valence-electron chi connectivity index (χ0n) is 14.5. The number of anilines is 3. The molecule has 2 N–H and O–H groups in total. The maximum Gasteiger partial charge on any atom is 0.257 e. The third kappa shape index (κ3) is 3.09. The van der Waals surface area contributed by atoms with Gasteiger partial charge >= 0.3 is 0 Å². The molecule has 0 radical (unpaired) electrons. The summed E-state index contributed by atoms with van der Waals surface area (Å²) in [6.07, 6.45) is 0. The number of benzene rings is 2. The number of fused-ring (bicyclic) bond motifs is 2. The molecule has 28 heavy (non-hydrogen) atoms. The summed E-state index contributed by atoms with van der Waals surface area (Å²) in [7, 11) is 0. The van der Waals surface area contributed by atoms with Crippen molar-refractivity contribution in [2.45, 2.75) is 0 Å². The van der Waals surface area contributed by atoms with E-state index in [1.54, 1.807) is 30.3 Å². The Labute approximate surface area is 159 Å². The van der Waals surface area contributed by atoms with Gasteiger partial charge in [-0.1, -0.05) is 0 Å². The summed E-state index contributed by atoms with van der Waals surface area (Å²) in [6.45, 7) is 0.375. The van der Waals surface area contributed by atoms with Gasteiger partial charge < -0.3 is 29.6 Å². The molecular weight excluding hydrogens is 364 g/mol. The lowest BCUT2D eigenvalue weighted by atomic mass is 10.2. The van der Waals surface area contributed by atoms with Crippen LogP contribution in [-0.2, 0) is 0 Å². The third-order valence-corrected chi connectivity index (χ3v) is 4.19. The quantitative estimate of drug-likeness (QED) is 0.714. The Kier molecular flexibility index (Phi) is 3.82. The first-order chi connectivity index (χ1) is 13.7. The summed E-state index contributed by atoms with van der Waals surface area (Å²) in [5.74, 6) is 3.09. The molecule has 0 fully saturated rings. The zero-order valence-corrected chi connectivity index (χ0v) is 14.5. The highest BCUT2D eigenvalue weighted by Crippen LogP contribution is 2.35. The Hall–Kier alpha value is -4.01. The summed E-state index contributed by atoms with van der Waals surface area (Å²) in [5, 5.41) is 13.9. The van der Waals surface area contributed by atoms with E-state index >= 15 is 0 Å². The molecule has 0 saturated heterocycles. The van der Waals surface area contributed by atoms with Crippen LogP contribution in [0.15, 0.2) is 48.5 Å². The van der Waals surface area contributed by atoms with Gasteiger partial charge in [0.1, 0.15) is 0 Å². The highest BCUT2D eigenvalue weighted by atomic mass is 16.7. The molecule has 0 unspecified atom stereocenters. The Morgan fingerprint density at radius 1 is 0.750 bits per heavy atom. The molecule has 2 aliphatic heterocycles. The van der Waals surface area contributed by atoms with Gasteiger partial charge in [-0.05, 0) is 42.5 Å². The molecule has 2 aliphatic rings. The molecule has 0 atom stereocenters. The molecule has 0 bridgehead atoms. The molecule has 1 aromatic heterocycles. The van der Waals surface area contributed by atoms with Crippen LogP contribution in [0.2, 0.25) is 0 Å². The van der Waals surface area contributed by atoms with Gasteiger partial charge in [-0.3, -0.25) is 4.79 Å². The van der Waals surface area contributed by atoms with Crippen LogP contribution in [0.1, 0.15) is 10.4 Å². The SMILES string of the molecule is O=C(Nc1ccc(Nc2ccc3c(c2)OCO3)nn1)c1ccc2c(c1)OCO2. The molecule has 9 nitrogen and oxygen atoms in total. The molecular formula is C19H14N4O5. The number of carbonyl (C=O) groups excluding carboxylic acids is 1. The number of hydrogen-bond donors (Lipinski definition) is 2. The Balaban J connectivity index is 1.25. The smallest absolute Gasteiger partial charge is 0.257 e. The molecule has 0 saturated carbocycles. The monoisotopic (exact) mass is 378 g/mol. The molecule has 140 valence electrons. The van der Waals surface area contributed by atoms with Crippen molar-refractivity contribution in [1.29, 1.82) is 0 Å². The number of rotatable bonds is 4. The molecule has 9 heteroatoms. The molecule has 3 heterocycles. The Bertz CT molecular complexity index is 1050. The number of aromatic nitrogens is 2. The van der Waals surface area contributed by atoms with Crippen molar-refractivity contribution in [3.8, 4) is 23.0 Å². The normalized spacial score (nSPS) is 13.3. The molecule has 1 amide bonds. The molecule has 2 aromatic carbocycles. The van der Waals surface area contributed by atoms with Crippen LogP contribution < -0.4 is 29.6 Å². The first kappa shape index (κ1) is 16.2. The predicted molar refractivity (Wildman–Crippen MR) is 98.4 cm³/mol. The Morgan fingerprint density at radius 3 is 2.14 bits per heavy atom. The van der Waals surface area contributed by atoms with E-state index in [1.807, 2.05) is 18.2 Å². The minimum Gasteiger partial charge on any atom is -0.454 e. The second-order valence-electron chi connectivity index (χ2n) is 6.02. The minimum absolute atomic E-state index is 0.156. The summed E-state index contributed by atoms with van der Waals surface area (Å²) in [4.78, 5) is 12.4. The van der Waals surface area contributed by atoms with Crippen molar-refractivity contribution < 1.29 is 23.7 Å². The topological polar surface area (TPSA) is 104 Å². The largest absolute Gasteiger partial charge is 0.454 e. The van der Waals surface area contributed by atoms with E-state index in [0.717, 1.165) is 5.69 Å². The number of ether oxygens (including phenoxy) is 4. The molecule has 0 spiro atoms. The van der Waals surface area contributed by atoms with Crippen LogP contribution in [0, 0.1) is 0 Å². The molecule has 5 rings (SSSR count). The molecule has 3 aromatic rings. The van der Waals surface area contributed by atoms with Gasteiger partial charge in [0.15, 0.2) is 34.6 Å². The van der Waals surface area contributed by atoms with E-state index in [0.29, 0.717) is 40.2 Å². The van der Waals surface area contributed by atoms with Gasteiger partial charge in [-0.2, -0.15) is 0 Å². The van der Waals surface area contributed by atoms with E-state index < -0.39 is 0 Å². The van der Waals surface area contributed by atoms with Gasteiger partial charge in [0.2, 0.25) is 13.6 Å². The predicted octanol–water partition coefficient (Wildman–Crippen LogP) is 2.93. The van der Waals surface area contributed by atoms with Crippen LogP contribution >= 0.6 is 0 Å². The summed E-state index contributed by atoms with van der Waals surface area (Å²) in [6, 6.07) is 13.8. The van der Waals surface area contributed by atoms with Crippen molar-refractivity contribution in [3.63, 3.8) is 0 Å². The zero-order chi connectivity index (χ0) is 18.9. The van der Waals surface area contributed by atoms with Crippen LogP contribution in [0.5, 0.6) is 23.0 Å². The Morgan fingerprint density at radius 2 is 1.39 bits per heavy atom. The van der Waals surface area contributed by atoms with E-state index in [2.05, 4.69) is 20.8 Å². The van der Waals surface area contributed by atoms with Crippen molar-refractivity contribution >= 4 is 23.2 Å². The van der Waals surface area contributed by atoms with E-state index in [9.17, 15) is 4.79 Å². The van der Waals surface area contributed by atoms with Crippen LogP contribution in [-0.4, -0.2) is 29.7 Å². The van der Waals surface area contributed by atoms with Crippen LogP contribution in [0.25, 0.3) is 0 Å². The second kappa shape index (κ2) is 6.62. The standard InChI is InChI=1S/C19H14N4O5/c24-19(11-1-3-13-15(7-11)27-9-25-13)21-18-6-5-17(22-23-18)20-12-2-4-14-16(8-12)28-10-26-14/h1-8H,9-10H2,(H,20,22)(H,21,23,24). The fraction of sp³-hybridized carbons (Fsp3) is 0.105. The van der Waals surface area contributed by atoms with Gasteiger partial charge in [0, 0.05) is 17.3 Å². The average Bonchev–Trinajstić information content (AvgIpc) is 3.37. The lowest BCUT2D eigenvalue weighted by Crippen LogP contribution is -2.13. The van der Waals surface area contributed by atoms with Crippen molar-refractivity contribution in [2.24, 2.45) is 0 Å². The lowest BCUT2D eigenvalue weighted by molar-refractivity contribution is 0.102. The van der Waals surface area contributed by atoms with Crippen molar-refractivity contribution in [2.75, 3.05) is 24.2 Å². The minimum atomic E-state index is -0.316. The first-order valence-electron chi connectivity index (χ1n) is 8.46. The number of amides is 1. The number of nitrogens with zero attached hydrogens (tertiary/aromatic N) is 2. The maximum absolute atomic E-state index is 12.4. The van der Waals surface area contributed by atoms with Gasteiger partial charge in [0.05, 0.1) is 0 Å². The number of carbonyl (C=O) groups is 1. The fourth-order valence-corrected chi connectivity index (χ4v) is 2.81. The summed E-state index contributed by atoms with van der Waals surface area (Å²) >= 11 is 0. The van der Waals surface area contributed by atoms with Gasteiger partial charge in [-0.25, -0.2) is 0 Å². The lowest BCUT2D eigenvalue weighted by Gasteiger charge is -2.08. The van der Waals surface area contributed by atoms with Gasteiger partial charge in [0.25, 0.3) is 5.91 Å². The van der Waals surface area contributed by atoms with E-state index in [4.69, 9.17) is 18.9 Å². The summed E-state index contributed by atoms with van der Waals surface area (Å²) in [5.41, 5.74) is 1.23. The highest BCUT2D eigenvalue weighted by Gasteiger charge is 2.17. The highest BCUT2D eigenvalue weighted by molar-refractivity contribution is 6.04. The first-order valence-corrected chi connectivity index (χ1v) is 8.46. The van der Waals surface area contributed by atoms with E-state index in [1.165, 1.54) is 0 Å². The van der Waals surface area contributed by atoms with Crippen LogP contribution in [0.3, 0.4) is 0 Å². The van der Waals surface area contributed by atoms with Crippen molar-refractivity contribution in [3.05, 3.63) is 54.1 Å². The average molecular weight is 378 g/mol. The number of hydrogen-bond acceptors (Lipinski definition) is 8. The fourth-order valence-electron chi connectivity index (χ4n) is 2.81. The number of nitrogens with one attached hydrogen (secondary N) is 2. The summed E-state index contributed by atoms with van der Waals surface area (Å²) < 4.78 is 21.2.